The summed E-state index contributed by atoms with van der Waals surface area (Å²) in [4.78, 5) is 28.0. The number of likely N-dealkylation sites (tertiary alicyclic amines) is 1. The summed E-state index contributed by atoms with van der Waals surface area (Å²) in [5.41, 5.74) is 5.06. The molecular formula is C26H28N2O3. The molecule has 2 aliphatic rings. The van der Waals surface area contributed by atoms with Gasteiger partial charge in [0.05, 0.1) is 24.3 Å². The Kier molecular flexibility index (Phi) is 6.08. The van der Waals surface area contributed by atoms with Gasteiger partial charge in [0.15, 0.2) is 0 Å². The molecule has 0 bridgehead atoms. The molecule has 0 unspecified atom stereocenters. The highest BCUT2D eigenvalue weighted by molar-refractivity contribution is 6.02. The van der Waals surface area contributed by atoms with Crippen LogP contribution in [0.2, 0.25) is 0 Å². The average molecular weight is 417 g/mol. The molecule has 2 aromatic rings. The van der Waals surface area contributed by atoms with Gasteiger partial charge in [0.1, 0.15) is 0 Å². The van der Waals surface area contributed by atoms with E-state index in [-0.39, 0.29) is 17.8 Å². The van der Waals surface area contributed by atoms with E-state index in [1.165, 1.54) is 12.7 Å². The molecule has 5 heteroatoms. The van der Waals surface area contributed by atoms with Crippen LogP contribution in [0.15, 0.2) is 36.4 Å². The van der Waals surface area contributed by atoms with Gasteiger partial charge < -0.3 is 9.64 Å². The summed E-state index contributed by atoms with van der Waals surface area (Å²) < 4.78 is 5.00. The number of amides is 1. The molecule has 160 valence electrons. The summed E-state index contributed by atoms with van der Waals surface area (Å²) in [7, 11) is 1.39. The number of nitriles is 1. The molecule has 2 aromatic carbocycles. The maximum absolute atomic E-state index is 13.7. The third-order valence-corrected chi connectivity index (χ3v) is 6.61. The number of esters is 1. The first-order chi connectivity index (χ1) is 15.1. The summed E-state index contributed by atoms with van der Waals surface area (Å²) in [6.07, 6.45) is 4.57. The molecule has 1 aliphatic heterocycles. The van der Waals surface area contributed by atoms with E-state index in [9.17, 15) is 9.59 Å². The second-order valence-corrected chi connectivity index (χ2v) is 8.48. The average Bonchev–Trinajstić information content (AvgIpc) is 3.67. The molecule has 0 spiro atoms. The van der Waals surface area contributed by atoms with Crippen molar-refractivity contribution in [2.24, 2.45) is 0 Å². The van der Waals surface area contributed by atoms with Gasteiger partial charge >= 0.3 is 5.97 Å². The second kappa shape index (κ2) is 8.93. The Morgan fingerprint density at radius 2 is 1.71 bits per heavy atom. The minimum Gasteiger partial charge on any atom is -0.465 e. The molecule has 1 amide bonds. The van der Waals surface area contributed by atoms with E-state index in [1.807, 2.05) is 41.3 Å². The Labute approximate surface area is 183 Å². The van der Waals surface area contributed by atoms with E-state index in [0.717, 1.165) is 48.8 Å². The van der Waals surface area contributed by atoms with Crippen molar-refractivity contribution in [3.8, 4) is 6.07 Å². The Hall–Kier alpha value is -3.13. The number of nitrogens with zero attached hydrogens (tertiary/aromatic N) is 2. The minimum atomic E-state index is -0.363. The largest absolute Gasteiger partial charge is 0.465 e. The lowest BCUT2D eigenvalue weighted by Crippen LogP contribution is -2.39. The maximum Gasteiger partial charge on any atom is 0.338 e. The molecule has 1 aliphatic carbocycles. The predicted octanol–water partition coefficient (Wildman–Crippen LogP) is 4.80. The maximum atomic E-state index is 13.7. The normalized spacial score (nSPS) is 16.6. The van der Waals surface area contributed by atoms with E-state index in [4.69, 9.17) is 10.00 Å². The molecule has 5 nitrogen and oxygen atoms in total. The summed E-state index contributed by atoms with van der Waals surface area (Å²) in [5.74, 6) is 0.350. The fourth-order valence-corrected chi connectivity index (χ4v) is 4.70. The van der Waals surface area contributed by atoms with Gasteiger partial charge in [-0.2, -0.15) is 5.26 Å². The van der Waals surface area contributed by atoms with Crippen molar-refractivity contribution in [2.45, 2.75) is 50.9 Å². The minimum absolute atomic E-state index is 0.0442. The van der Waals surface area contributed by atoms with E-state index >= 15 is 0 Å². The van der Waals surface area contributed by atoms with Crippen molar-refractivity contribution in [1.29, 1.82) is 5.26 Å². The third-order valence-electron chi connectivity index (χ3n) is 6.61. The molecular weight excluding hydrogens is 388 g/mol. The number of methoxy groups -OCH3 is 1. The number of hydrogen-bond donors (Lipinski definition) is 0. The van der Waals surface area contributed by atoms with Crippen LogP contribution >= 0.6 is 0 Å². The Morgan fingerprint density at radius 3 is 2.26 bits per heavy atom. The zero-order chi connectivity index (χ0) is 22.0. The summed E-state index contributed by atoms with van der Waals surface area (Å²) in [6, 6.07) is 13.7. The van der Waals surface area contributed by atoms with E-state index in [2.05, 4.69) is 13.0 Å². The first-order valence-corrected chi connectivity index (χ1v) is 11.1. The molecule has 0 aromatic heterocycles. The number of ether oxygens (including phenoxy) is 1. The smallest absolute Gasteiger partial charge is 0.338 e. The van der Waals surface area contributed by atoms with Crippen LogP contribution < -0.4 is 0 Å². The van der Waals surface area contributed by atoms with Crippen molar-refractivity contribution in [3.05, 3.63) is 69.8 Å². The van der Waals surface area contributed by atoms with Crippen LogP contribution in [-0.2, 0) is 11.2 Å². The van der Waals surface area contributed by atoms with Crippen molar-refractivity contribution in [1.82, 2.24) is 4.90 Å². The van der Waals surface area contributed by atoms with Crippen LogP contribution in [0, 0.1) is 11.3 Å². The Morgan fingerprint density at radius 1 is 1.03 bits per heavy atom. The van der Waals surface area contributed by atoms with Gasteiger partial charge in [-0.25, -0.2) is 4.79 Å². The first-order valence-electron chi connectivity index (χ1n) is 11.1. The molecule has 0 atom stereocenters. The molecule has 1 saturated heterocycles. The van der Waals surface area contributed by atoms with Crippen LogP contribution in [0.25, 0.3) is 0 Å². The van der Waals surface area contributed by atoms with Gasteiger partial charge in [-0.3, -0.25) is 4.79 Å². The molecule has 0 N–H and O–H groups in total. The van der Waals surface area contributed by atoms with Gasteiger partial charge in [-0.1, -0.05) is 25.1 Å². The van der Waals surface area contributed by atoms with Crippen LogP contribution in [0.4, 0.5) is 0 Å². The lowest BCUT2D eigenvalue weighted by Gasteiger charge is -2.33. The zero-order valence-electron chi connectivity index (χ0n) is 18.2. The lowest BCUT2D eigenvalue weighted by atomic mass is 9.87. The van der Waals surface area contributed by atoms with Gasteiger partial charge in [0.25, 0.3) is 5.91 Å². The topological polar surface area (TPSA) is 70.4 Å². The predicted molar refractivity (Wildman–Crippen MR) is 118 cm³/mol. The van der Waals surface area contributed by atoms with Crippen LogP contribution in [0.5, 0.6) is 0 Å². The van der Waals surface area contributed by atoms with E-state index in [1.54, 1.807) is 0 Å². The molecule has 31 heavy (non-hydrogen) atoms. The standard InChI is InChI=1S/C26H28N2O3/c1-3-18-10-11-22(26(30)31-2)23(21-8-9-21)24(18)25(29)28-14-12-20(13-15-28)19-6-4-17(16-27)5-7-19/h4-7,10-11,20-21H,3,8-9,12-15H2,1-2H3. The van der Waals surface area contributed by atoms with Crippen molar-refractivity contribution in [3.63, 3.8) is 0 Å². The fraction of sp³-hybridized carbons (Fsp3) is 0.423. The monoisotopic (exact) mass is 416 g/mol. The number of carbonyl (C=O) groups is 2. The summed E-state index contributed by atoms with van der Waals surface area (Å²) in [6.45, 7) is 3.44. The molecule has 1 heterocycles. The van der Waals surface area contributed by atoms with Crippen molar-refractivity contribution < 1.29 is 14.3 Å². The van der Waals surface area contributed by atoms with Crippen molar-refractivity contribution in [2.75, 3.05) is 20.2 Å². The number of aryl methyl sites for hydroxylation is 1. The Bertz CT molecular complexity index is 1020. The second-order valence-electron chi connectivity index (χ2n) is 8.48. The Balaban J connectivity index is 1.57. The van der Waals surface area contributed by atoms with Crippen LogP contribution in [0.1, 0.15) is 87.4 Å². The van der Waals surface area contributed by atoms with E-state index in [0.29, 0.717) is 30.1 Å². The number of hydrogen-bond acceptors (Lipinski definition) is 4. The van der Waals surface area contributed by atoms with Gasteiger partial charge in [-0.15, -0.1) is 0 Å². The van der Waals surface area contributed by atoms with Gasteiger partial charge in [0.2, 0.25) is 0 Å². The van der Waals surface area contributed by atoms with Crippen molar-refractivity contribution >= 4 is 11.9 Å². The summed E-state index contributed by atoms with van der Waals surface area (Å²) in [5, 5.41) is 9.00. The molecule has 2 fully saturated rings. The van der Waals surface area contributed by atoms with Crippen LogP contribution in [-0.4, -0.2) is 37.0 Å². The molecule has 0 radical (unpaired) electrons. The lowest BCUT2D eigenvalue weighted by molar-refractivity contribution is 0.0599. The first kappa shape index (κ1) is 21.1. The number of carbonyl (C=O) groups excluding carboxylic acids is 2. The number of benzene rings is 2. The SMILES string of the molecule is CCc1ccc(C(=O)OC)c(C2CC2)c1C(=O)N1CCC(c2ccc(C#N)cc2)CC1. The van der Waals surface area contributed by atoms with E-state index < -0.39 is 0 Å². The van der Waals surface area contributed by atoms with Gasteiger partial charge in [-0.05, 0) is 78.8 Å². The molecule has 1 saturated carbocycles. The number of rotatable bonds is 5. The highest BCUT2D eigenvalue weighted by Gasteiger charge is 2.36. The highest BCUT2D eigenvalue weighted by atomic mass is 16.5. The number of piperidine rings is 1. The van der Waals surface area contributed by atoms with Crippen LogP contribution in [0.3, 0.4) is 0 Å². The quantitative estimate of drug-likeness (QED) is 0.656. The molecule has 4 rings (SSSR count). The fourth-order valence-electron chi connectivity index (χ4n) is 4.70. The summed E-state index contributed by atoms with van der Waals surface area (Å²) >= 11 is 0. The van der Waals surface area contributed by atoms with Gasteiger partial charge in [0, 0.05) is 18.7 Å². The third kappa shape index (κ3) is 4.20. The highest BCUT2D eigenvalue weighted by Crippen LogP contribution is 2.45. The zero-order valence-corrected chi connectivity index (χ0v) is 18.2.